The summed E-state index contributed by atoms with van der Waals surface area (Å²) in [5.74, 6) is -0.238. The summed E-state index contributed by atoms with van der Waals surface area (Å²) in [4.78, 5) is 29.3. The van der Waals surface area contributed by atoms with Gasteiger partial charge in [0, 0.05) is 58.5 Å². The first-order chi connectivity index (χ1) is 16.0. The second-order valence-electron chi connectivity index (χ2n) is 8.48. The van der Waals surface area contributed by atoms with E-state index in [9.17, 15) is 9.59 Å². The smallest absolute Gasteiger partial charge is 0.310 e. The topological polar surface area (TPSA) is 85.5 Å². The largest absolute Gasteiger partial charge is 0.464 e. The van der Waals surface area contributed by atoms with Crippen LogP contribution in [0.4, 0.5) is 0 Å². The minimum Gasteiger partial charge on any atom is -0.464 e. The molecule has 3 aromatic rings. The lowest BCUT2D eigenvalue weighted by Gasteiger charge is -2.32. The van der Waals surface area contributed by atoms with E-state index in [2.05, 4.69) is 27.0 Å². The van der Waals surface area contributed by atoms with Crippen LogP contribution in [-0.2, 0) is 29.4 Å². The number of piperazine rings is 1. The summed E-state index contributed by atoms with van der Waals surface area (Å²) in [6.07, 6.45) is 5.75. The second-order valence-corrected chi connectivity index (χ2v) is 8.48. The van der Waals surface area contributed by atoms with E-state index in [1.807, 2.05) is 37.5 Å². The predicted octanol–water partition coefficient (Wildman–Crippen LogP) is 0.890. The molecule has 1 saturated heterocycles. The maximum Gasteiger partial charge on any atom is 0.310 e. The van der Waals surface area contributed by atoms with Crippen molar-refractivity contribution in [1.29, 1.82) is 0 Å². The standard InChI is InChI=1S/C24H30N6O3/c1-27-8-10-29(11-9-27)12-13-33-24(32)16-20-5-3-4-19(14-20)15-22-23(31)6-7-30(26-22)21-17-25-28(2)18-21/h3-7,14,17-18H,8-13,15-16H2,1-2H3. The van der Waals surface area contributed by atoms with Crippen LogP contribution in [0.1, 0.15) is 16.8 Å². The summed E-state index contributed by atoms with van der Waals surface area (Å²) in [5.41, 5.74) is 2.89. The van der Waals surface area contributed by atoms with Gasteiger partial charge in [-0.25, -0.2) is 4.68 Å². The molecule has 0 amide bonds. The Morgan fingerprint density at radius 3 is 2.64 bits per heavy atom. The van der Waals surface area contributed by atoms with E-state index >= 15 is 0 Å². The molecular weight excluding hydrogens is 420 g/mol. The van der Waals surface area contributed by atoms with Crippen LogP contribution in [0.15, 0.2) is 53.7 Å². The van der Waals surface area contributed by atoms with Crippen LogP contribution >= 0.6 is 0 Å². The first-order valence-electron chi connectivity index (χ1n) is 11.2. The highest BCUT2D eigenvalue weighted by Gasteiger charge is 2.14. The molecule has 4 rings (SSSR count). The highest BCUT2D eigenvalue weighted by atomic mass is 16.5. The SMILES string of the molecule is CN1CCN(CCOC(=O)Cc2cccc(Cc3nn(-c4cnn(C)c4)ccc3=O)c2)CC1. The van der Waals surface area contributed by atoms with Gasteiger partial charge in [-0.05, 0) is 18.2 Å². The highest BCUT2D eigenvalue weighted by Crippen LogP contribution is 2.11. The fourth-order valence-electron chi connectivity index (χ4n) is 3.86. The van der Waals surface area contributed by atoms with E-state index in [0.29, 0.717) is 18.7 Å². The van der Waals surface area contributed by atoms with Crippen LogP contribution in [0.3, 0.4) is 0 Å². The van der Waals surface area contributed by atoms with Crippen molar-refractivity contribution in [2.24, 2.45) is 7.05 Å². The Morgan fingerprint density at radius 2 is 1.88 bits per heavy atom. The first kappa shape index (κ1) is 22.9. The third-order valence-electron chi connectivity index (χ3n) is 5.81. The van der Waals surface area contributed by atoms with Crippen molar-refractivity contribution in [3.8, 4) is 5.69 Å². The van der Waals surface area contributed by atoms with Crippen LogP contribution in [0.2, 0.25) is 0 Å². The summed E-state index contributed by atoms with van der Waals surface area (Å²) in [7, 11) is 3.95. The minimum absolute atomic E-state index is 0.121. The van der Waals surface area contributed by atoms with Gasteiger partial charge in [-0.2, -0.15) is 10.2 Å². The Morgan fingerprint density at radius 1 is 1.09 bits per heavy atom. The molecule has 0 atom stereocenters. The van der Waals surface area contributed by atoms with E-state index in [-0.39, 0.29) is 17.8 Å². The number of rotatable bonds is 8. The Balaban J connectivity index is 1.33. The summed E-state index contributed by atoms with van der Waals surface area (Å²) in [6.45, 7) is 5.28. The lowest BCUT2D eigenvalue weighted by Crippen LogP contribution is -2.45. The molecule has 3 heterocycles. The van der Waals surface area contributed by atoms with Crippen LogP contribution in [0, 0.1) is 0 Å². The van der Waals surface area contributed by atoms with Crippen molar-refractivity contribution in [3.05, 3.63) is 76.0 Å². The number of nitrogens with zero attached hydrogens (tertiary/aromatic N) is 6. The molecule has 1 aliphatic heterocycles. The summed E-state index contributed by atoms with van der Waals surface area (Å²) >= 11 is 0. The summed E-state index contributed by atoms with van der Waals surface area (Å²) in [6, 6.07) is 9.17. The average molecular weight is 451 g/mol. The molecule has 0 unspecified atom stereocenters. The Bertz CT molecular complexity index is 1150. The van der Waals surface area contributed by atoms with Crippen LogP contribution in [0.5, 0.6) is 0 Å². The molecule has 0 aliphatic carbocycles. The molecule has 1 aromatic carbocycles. The second kappa shape index (κ2) is 10.5. The van der Waals surface area contributed by atoms with E-state index < -0.39 is 0 Å². The fraction of sp³-hybridized carbons (Fsp3) is 0.417. The third-order valence-corrected chi connectivity index (χ3v) is 5.81. The Hall–Kier alpha value is -3.30. The molecule has 9 nitrogen and oxygen atoms in total. The third kappa shape index (κ3) is 6.36. The van der Waals surface area contributed by atoms with Crippen molar-refractivity contribution >= 4 is 5.97 Å². The van der Waals surface area contributed by atoms with Crippen LogP contribution in [-0.4, -0.2) is 81.7 Å². The highest BCUT2D eigenvalue weighted by molar-refractivity contribution is 5.72. The molecule has 0 saturated carbocycles. The molecule has 2 aromatic heterocycles. The Labute approximate surface area is 193 Å². The summed E-state index contributed by atoms with van der Waals surface area (Å²) in [5, 5.41) is 8.63. The Kier molecular flexibility index (Phi) is 7.31. The number of likely N-dealkylation sites (N-methyl/N-ethyl adjacent to an activating group) is 1. The number of aromatic nitrogens is 4. The zero-order valence-electron chi connectivity index (χ0n) is 19.2. The van der Waals surface area contributed by atoms with Crippen molar-refractivity contribution < 1.29 is 9.53 Å². The number of carbonyl (C=O) groups excluding carboxylic acids is 1. The van der Waals surface area contributed by atoms with Crippen molar-refractivity contribution in [1.82, 2.24) is 29.4 Å². The quantitative estimate of drug-likeness (QED) is 0.471. The van der Waals surface area contributed by atoms with E-state index in [1.54, 1.807) is 21.8 Å². The molecule has 0 radical (unpaired) electrons. The number of benzene rings is 1. The summed E-state index contributed by atoms with van der Waals surface area (Å²) < 4.78 is 8.78. The number of hydrogen-bond donors (Lipinski definition) is 0. The van der Waals surface area contributed by atoms with Crippen LogP contribution < -0.4 is 5.43 Å². The number of esters is 1. The first-order valence-corrected chi connectivity index (χ1v) is 11.2. The van der Waals surface area contributed by atoms with Gasteiger partial charge in [0.1, 0.15) is 18.0 Å². The molecule has 0 spiro atoms. The fourth-order valence-corrected chi connectivity index (χ4v) is 3.86. The number of carbonyl (C=O) groups is 1. The van der Waals surface area contributed by atoms with Crippen molar-refractivity contribution in [3.63, 3.8) is 0 Å². The number of ether oxygens (including phenoxy) is 1. The van der Waals surface area contributed by atoms with Gasteiger partial charge >= 0.3 is 5.97 Å². The molecular formula is C24H30N6O3. The molecule has 0 N–H and O–H groups in total. The van der Waals surface area contributed by atoms with Crippen molar-refractivity contribution in [2.75, 3.05) is 46.4 Å². The zero-order valence-corrected chi connectivity index (χ0v) is 19.2. The van der Waals surface area contributed by atoms with Gasteiger partial charge in [0.05, 0.1) is 18.8 Å². The maximum atomic E-state index is 12.4. The van der Waals surface area contributed by atoms with Crippen LogP contribution in [0.25, 0.3) is 5.69 Å². The predicted molar refractivity (Wildman–Crippen MR) is 124 cm³/mol. The van der Waals surface area contributed by atoms with Gasteiger partial charge in [0.25, 0.3) is 0 Å². The molecule has 33 heavy (non-hydrogen) atoms. The maximum absolute atomic E-state index is 12.4. The molecule has 0 bridgehead atoms. The van der Waals surface area contributed by atoms with Gasteiger partial charge in [0.15, 0.2) is 0 Å². The van der Waals surface area contributed by atoms with Gasteiger partial charge in [-0.3, -0.25) is 19.2 Å². The monoisotopic (exact) mass is 450 g/mol. The molecule has 1 aliphatic rings. The normalized spacial score (nSPS) is 15.0. The van der Waals surface area contributed by atoms with E-state index in [4.69, 9.17) is 4.74 Å². The number of aryl methyl sites for hydroxylation is 1. The van der Waals surface area contributed by atoms with Crippen molar-refractivity contribution in [2.45, 2.75) is 12.8 Å². The minimum atomic E-state index is -0.238. The van der Waals surface area contributed by atoms with Gasteiger partial charge in [0.2, 0.25) is 5.43 Å². The lowest BCUT2D eigenvalue weighted by atomic mass is 10.0. The number of hydrogen-bond acceptors (Lipinski definition) is 7. The van der Waals surface area contributed by atoms with Gasteiger partial charge < -0.3 is 9.64 Å². The zero-order chi connectivity index (χ0) is 23.2. The lowest BCUT2D eigenvalue weighted by molar-refractivity contribution is -0.143. The van der Waals surface area contributed by atoms with E-state index in [1.165, 1.54) is 6.07 Å². The molecule has 174 valence electrons. The molecule has 9 heteroatoms. The molecule has 1 fully saturated rings. The van der Waals surface area contributed by atoms with E-state index in [0.717, 1.165) is 49.5 Å². The van der Waals surface area contributed by atoms with Gasteiger partial charge in [-0.1, -0.05) is 24.3 Å². The van der Waals surface area contributed by atoms with Gasteiger partial charge in [-0.15, -0.1) is 0 Å². The average Bonchev–Trinajstić information content (AvgIpc) is 3.23.